The number of aryl methyl sites for hydroxylation is 1. The largest absolute Gasteiger partial charge is 0.507 e. The number of phenolic OH excluding ortho intramolecular Hbond substituents is 1. The first kappa shape index (κ1) is 14.9. The second kappa shape index (κ2) is 5.83. The molecule has 1 aliphatic carbocycles. The first-order valence-corrected chi connectivity index (χ1v) is 7.29. The maximum atomic E-state index is 12.2. The fourth-order valence-corrected chi connectivity index (χ4v) is 2.92. The molecule has 0 spiro atoms. The van der Waals surface area contributed by atoms with Crippen molar-refractivity contribution in [1.82, 2.24) is 0 Å². The third-order valence-electron chi connectivity index (χ3n) is 4.27. The van der Waals surface area contributed by atoms with Crippen LogP contribution >= 0.6 is 0 Å². The molecule has 110 valence electrons. The molecule has 0 atom stereocenters. The first-order chi connectivity index (χ1) is 9.41. The first-order valence-electron chi connectivity index (χ1n) is 7.29. The average molecular weight is 276 g/mol. The number of hydrogen-bond acceptors (Lipinski definition) is 3. The number of benzene rings is 1. The van der Waals surface area contributed by atoms with Crippen LogP contribution in [0.3, 0.4) is 0 Å². The summed E-state index contributed by atoms with van der Waals surface area (Å²) in [6.45, 7) is 3.64. The van der Waals surface area contributed by atoms with Crippen LogP contribution in [0.4, 0.5) is 5.69 Å². The van der Waals surface area contributed by atoms with Crippen molar-refractivity contribution < 1.29 is 9.90 Å². The van der Waals surface area contributed by atoms with Gasteiger partial charge in [0.25, 0.3) is 0 Å². The van der Waals surface area contributed by atoms with Gasteiger partial charge in [-0.25, -0.2) is 0 Å². The van der Waals surface area contributed by atoms with E-state index in [9.17, 15) is 9.90 Å². The van der Waals surface area contributed by atoms with Gasteiger partial charge in [-0.1, -0.05) is 25.3 Å². The number of carbonyl (C=O) groups excluding carboxylic acids is 1. The third kappa shape index (κ3) is 3.31. The summed E-state index contributed by atoms with van der Waals surface area (Å²) in [6.07, 6.45) is 5.60. The molecule has 0 aliphatic heterocycles. The molecule has 1 fully saturated rings. The minimum Gasteiger partial charge on any atom is -0.507 e. The summed E-state index contributed by atoms with van der Waals surface area (Å²) in [5.74, 6) is 0.170. The highest BCUT2D eigenvalue weighted by Gasteiger charge is 2.30. The van der Waals surface area contributed by atoms with Crippen LogP contribution in [0, 0.1) is 13.8 Å². The number of phenols is 1. The van der Waals surface area contributed by atoms with Crippen molar-refractivity contribution >= 4 is 11.6 Å². The highest BCUT2D eigenvalue weighted by atomic mass is 16.3. The molecule has 20 heavy (non-hydrogen) atoms. The Labute approximate surface area is 120 Å². The van der Waals surface area contributed by atoms with Crippen molar-refractivity contribution in [2.75, 3.05) is 5.32 Å². The Morgan fingerprint density at radius 1 is 1.30 bits per heavy atom. The van der Waals surface area contributed by atoms with Crippen LogP contribution in [-0.4, -0.2) is 16.6 Å². The van der Waals surface area contributed by atoms with Gasteiger partial charge in [0, 0.05) is 23.2 Å². The Morgan fingerprint density at radius 3 is 2.60 bits per heavy atom. The van der Waals surface area contributed by atoms with Crippen molar-refractivity contribution in [1.29, 1.82) is 0 Å². The maximum Gasteiger partial charge on any atom is 0.226 e. The zero-order valence-corrected chi connectivity index (χ0v) is 12.3. The lowest BCUT2D eigenvalue weighted by molar-refractivity contribution is -0.117. The van der Waals surface area contributed by atoms with Gasteiger partial charge >= 0.3 is 0 Å². The number of nitrogens with two attached hydrogens (primary N) is 1. The molecule has 1 aromatic rings. The van der Waals surface area contributed by atoms with Crippen LogP contribution in [0.2, 0.25) is 0 Å². The summed E-state index contributed by atoms with van der Waals surface area (Å²) in [5, 5.41) is 12.8. The van der Waals surface area contributed by atoms with Crippen molar-refractivity contribution in [3.63, 3.8) is 0 Å². The van der Waals surface area contributed by atoms with E-state index in [2.05, 4.69) is 5.32 Å². The Kier molecular flexibility index (Phi) is 4.33. The molecule has 4 nitrogen and oxygen atoms in total. The van der Waals surface area contributed by atoms with E-state index in [0.29, 0.717) is 17.7 Å². The summed E-state index contributed by atoms with van der Waals surface area (Å²) in [7, 11) is 0. The average Bonchev–Trinajstić information content (AvgIpc) is 2.40. The fraction of sp³-hybridized carbons (Fsp3) is 0.562. The van der Waals surface area contributed by atoms with E-state index in [1.807, 2.05) is 13.0 Å². The molecular weight excluding hydrogens is 252 g/mol. The predicted octanol–water partition coefficient (Wildman–Crippen LogP) is 3.00. The predicted molar refractivity (Wildman–Crippen MR) is 80.8 cm³/mol. The van der Waals surface area contributed by atoms with Crippen LogP contribution < -0.4 is 11.1 Å². The van der Waals surface area contributed by atoms with E-state index in [1.165, 1.54) is 6.42 Å². The van der Waals surface area contributed by atoms with Crippen LogP contribution in [0.1, 0.15) is 49.7 Å². The molecule has 4 heteroatoms. The van der Waals surface area contributed by atoms with Gasteiger partial charge in [-0.2, -0.15) is 0 Å². The Hall–Kier alpha value is -1.55. The standard InChI is InChI=1S/C16H24N2O2/c1-11-6-7-13(12(2)15(11)20)18-14(19)10-16(17)8-4-3-5-9-16/h6-7,20H,3-5,8-10,17H2,1-2H3,(H,18,19). The van der Waals surface area contributed by atoms with Gasteiger partial charge in [-0.05, 0) is 38.3 Å². The molecule has 1 aromatic carbocycles. The summed E-state index contributed by atoms with van der Waals surface area (Å²) >= 11 is 0. The second-order valence-corrected chi connectivity index (χ2v) is 6.05. The minimum absolute atomic E-state index is 0.0687. The van der Waals surface area contributed by atoms with E-state index in [1.54, 1.807) is 13.0 Å². The van der Waals surface area contributed by atoms with Gasteiger partial charge in [0.05, 0.1) is 0 Å². The highest BCUT2D eigenvalue weighted by Crippen LogP contribution is 2.31. The summed E-state index contributed by atoms with van der Waals surface area (Å²) in [4.78, 5) is 12.2. The maximum absolute atomic E-state index is 12.2. The summed E-state index contributed by atoms with van der Waals surface area (Å²) in [5.41, 5.74) is 8.11. The molecule has 0 bridgehead atoms. The van der Waals surface area contributed by atoms with Gasteiger partial charge in [-0.3, -0.25) is 4.79 Å². The minimum atomic E-state index is -0.358. The smallest absolute Gasteiger partial charge is 0.226 e. The molecule has 0 unspecified atom stereocenters. The molecule has 1 aliphatic rings. The molecular formula is C16H24N2O2. The van der Waals surface area contributed by atoms with Crippen molar-refractivity contribution in [2.24, 2.45) is 5.73 Å². The quantitative estimate of drug-likeness (QED) is 0.794. The van der Waals surface area contributed by atoms with Crippen LogP contribution in [0.5, 0.6) is 5.75 Å². The number of carbonyl (C=O) groups is 1. The van der Waals surface area contributed by atoms with Crippen LogP contribution in [0.25, 0.3) is 0 Å². The lowest BCUT2D eigenvalue weighted by atomic mass is 9.80. The third-order valence-corrected chi connectivity index (χ3v) is 4.27. The second-order valence-electron chi connectivity index (χ2n) is 6.05. The van der Waals surface area contributed by atoms with Crippen LogP contribution in [0.15, 0.2) is 12.1 Å². The molecule has 4 N–H and O–H groups in total. The lowest BCUT2D eigenvalue weighted by Gasteiger charge is -2.32. The van der Waals surface area contributed by atoms with Gasteiger partial charge in [0.15, 0.2) is 0 Å². The van der Waals surface area contributed by atoms with Gasteiger partial charge in [0.2, 0.25) is 5.91 Å². The fourth-order valence-electron chi connectivity index (χ4n) is 2.92. The normalized spacial score (nSPS) is 17.8. The van der Waals surface area contributed by atoms with E-state index in [-0.39, 0.29) is 17.2 Å². The van der Waals surface area contributed by atoms with Gasteiger partial charge in [-0.15, -0.1) is 0 Å². The zero-order chi connectivity index (χ0) is 14.8. The number of hydrogen-bond donors (Lipinski definition) is 3. The number of aromatic hydroxyl groups is 1. The molecule has 2 rings (SSSR count). The number of amides is 1. The monoisotopic (exact) mass is 276 g/mol. The molecule has 0 radical (unpaired) electrons. The van der Waals surface area contributed by atoms with Crippen molar-refractivity contribution in [3.8, 4) is 5.75 Å². The van der Waals surface area contributed by atoms with Gasteiger partial charge < -0.3 is 16.2 Å². The van der Waals surface area contributed by atoms with E-state index >= 15 is 0 Å². The SMILES string of the molecule is Cc1ccc(NC(=O)CC2(N)CCCCC2)c(C)c1O. The van der Waals surface area contributed by atoms with Gasteiger partial charge in [0.1, 0.15) is 5.75 Å². The topological polar surface area (TPSA) is 75.4 Å². The molecule has 1 saturated carbocycles. The Morgan fingerprint density at radius 2 is 1.95 bits per heavy atom. The van der Waals surface area contributed by atoms with Crippen molar-refractivity contribution in [2.45, 2.75) is 57.9 Å². The van der Waals surface area contributed by atoms with E-state index in [4.69, 9.17) is 5.73 Å². The Balaban J connectivity index is 2.03. The number of anilines is 1. The zero-order valence-electron chi connectivity index (χ0n) is 12.3. The Bertz CT molecular complexity index is 505. The highest BCUT2D eigenvalue weighted by molar-refractivity contribution is 5.92. The molecule has 0 heterocycles. The molecule has 1 amide bonds. The summed E-state index contributed by atoms with van der Waals surface area (Å²) < 4.78 is 0. The van der Waals surface area contributed by atoms with Crippen molar-refractivity contribution in [3.05, 3.63) is 23.3 Å². The van der Waals surface area contributed by atoms with Crippen LogP contribution in [-0.2, 0) is 4.79 Å². The summed E-state index contributed by atoms with van der Waals surface area (Å²) in [6, 6.07) is 3.63. The molecule has 0 saturated heterocycles. The molecule has 0 aromatic heterocycles. The number of rotatable bonds is 3. The lowest BCUT2D eigenvalue weighted by Crippen LogP contribution is -2.44. The van der Waals surface area contributed by atoms with E-state index < -0.39 is 0 Å². The number of nitrogens with one attached hydrogen (secondary N) is 1. The van der Waals surface area contributed by atoms with E-state index in [0.717, 1.165) is 31.2 Å².